The van der Waals surface area contributed by atoms with Crippen molar-refractivity contribution in [3.8, 4) is 5.69 Å². The van der Waals surface area contributed by atoms with Crippen molar-refractivity contribution >= 4 is 5.91 Å². The summed E-state index contributed by atoms with van der Waals surface area (Å²) >= 11 is 0. The van der Waals surface area contributed by atoms with Crippen LogP contribution >= 0.6 is 0 Å². The Bertz CT molecular complexity index is 1020. The number of nitrogens with zero attached hydrogens (tertiary/aromatic N) is 3. The molecule has 1 unspecified atom stereocenters. The van der Waals surface area contributed by atoms with Crippen LogP contribution < -0.4 is 0 Å². The van der Waals surface area contributed by atoms with Gasteiger partial charge in [0.2, 0.25) is 0 Å². The van der Waals surface area contributed by atoms with Crippen LogP contribution in [-0.4, -0.2) is 33.7 Å². The minimum absolute atomic E-state index is 0.0534. The van der Waals surface area contributed by atoms with Gasteiger partial charge in [0.15, 0.2) is 5.69 Å². The topological polar surface area (TPSA) is 38.1 Å². The Balaban J connectivity index is 1.41. The van der Waals surface area contributed by atoms with E-state index in [0.717, 1.165) is 37.3 Å². The summed E-state index contributed by atoms with van der Waals surface area (Å²) < 4.78 is 1.86. The van der Waals surface area contributed by atoms with Gasteiger partial charge in [-0.25, -0.2) is 4.68 Å². The standard InChI is InChI=1S/C24H25N3O/c1-18-16-22(25-27(18)20-10-3-2-4-11-20)23(28)26-15-14-24(17-26)13-7-9-19-8-5-6-12-21(19)24/h2-6,8,10-12,16H,7,9,13-15,17H2,1H3. The molecular weight excluding hydrogens is 346 g/mol. The Labute approximate surface area is 165 Å². The molecule has 1 saturated heterocycles. The largest absolute Gasteiger partial charge is 0.336 e. The van der Waals surface area contributed by atoms with E-state index >= 15 is 0 Å². The highest BCUT2D eigenvalue weighted by Crippen LogP contribution is 2.44. The maximum atomic E-state index is 13.2. The highest BCUT2D eigenvalue weighted by molar-refractivity contribution is 5.92. The Hall–Kier alpha value is -2.88. The molecule has 5 rings (SSSR count). The molecule has 2 aromatic carbocycles. The monoisotopic (exact) mass is 371 g/mol. The molecule has 1 spiro atoms. The van der Waals surface area contributed by atoms with Gasteiger partial charge in [-0.15, -0.1) is 0 Å². The summed E-state index contributed by atoms with van der Waals surface area (Å²) in [5, 5.41) is 4.63. The van der Waals surface area contributed by atoms with Gasteiger partial charge in [0.1, 0.15) is 0 Å². The lowest BCUT2D eigenvalue weighted by atomic mass is 9.69. The summed E-state index contributed by atoms with van der Waals surface area (Å²) in [7, 11) is 0. The van der Waals surface area contributed by atoms with Gasteiger partial charge in [0.25, 0.3) is 5.91 Å². The Morgan fingerprint density at radius 2 is 1.82 bits per heavy atom. The van der Waals surface area contributed by atoms with Gasteiger partial charge in [-0.2, -0.15) is 5.10 Å². The Kier molecular flexibility index (Phi) is 4.08. The zero-order valence-electron chi connectivity index (χ0n) is 16.3. The second kappa shape index (κ2) is 6.62. The number of likely N-dealkylation sites (tertiary alicyclic amines) is 1. The number of carbonyl (C=O) groups is 1. The molecule has 0 radical (unpaired) electrons. The summed E-state index contributed by atoms with van der Waals surface area (Å²) in [6.07, 6.45) is 4.59. The molecule has 4 nitrogen and oxygen atoms in total. The zero-order chi connectivity index (χ0) is 19.1. The fraction of sp³-hybridized carbons (Fsp3) is 0.333. The molecule has 28 heavy (non-hydrogen) atoms. The summed E-state index contributed by atoms with van der Waals surface area (Å²) in [6, 6.07) is 20.7. The number of amides is 1. The molecule has 1 fully saturated rings. The van der Waals surface area contributed by atoms with Crippen molar-refractivity contribution in [3.63, 3.8) is 0 Å². The normalized spacial score (nSPS) is 21.1. The first-order chi connectivity index (χ1) is 13.7. The quantitative estimate of drug-likeness (QED) is 0.674. The van der Waals surface area contributed by atoms with Crippen molar-refractivity contribution < 1.29 is 4.79 Å². The van der Waals surface area contributed by atoms with Crippen LogP contribution in [0, 0.1) is 6.92 Å². The van der Waals surface area contributed by atoms with E-state index in [9.17, 15) is 4.79 Å². The predicted molar refractivity (Wildman–Crippen MR) is 110 cm³/mol. The van der Waals surface area contributed by atoms with Crippen molar-refractivity contribution in [2.75, 3.05) is 13.1 Å². The van der Waals surface area contributed by atoms with E-state index in [2.05, 4.69) is 29.4 Å². The molecule has 1 aliphatic carbocycles. The average molecular weight is 371 g/mol. The number of aryl methyl sites for hydroxylation is 2. The van der Waals surface area contributed by atoms with E-state index in [0.29, 0.717) is 5.69 Å². The van der Waals surface area contributed by atoms with Crippen molar-refractivity contribution in [3.05, 3.63) is 83.2 Å². The van der Waals surface area contributed by atoms with E-state index in [1.54, 1.807) is 0 Å². The van der Waals surface area contributed by atoms with Gasteiger partial charge < -0.3 is 4.90 Å². The number of hydrogen-bond acceptors (Lipinski definition) is 2. The number of aromatic nitrogens is 2. The number of hydrogen-bond donors (Lipinski definition) is 0. The van der Waals surface area contributed by atoms with Crippen LogP contribution in [0.1, 0.15) is 46.6 Å². The molecule has 1 amide bonds. The number of benzene rings is 2. The van der Waals surface area contributed by atoms with E-state index in [-0.39, 0.29) is 11.3 Å². The first-order valence-electron chi connectivity index (χ1n) is 10.2. The second-order valence-electron chi connectivity index (χ2n) is 8.19. The molecular formula is C24H25N3O. The SMILES string of the molecule is Cc1cc(C(=O)N2CCC3(CCCc4ccccc43)C2)nn1-c1ccccc1. The van der Waals surface area contributed by atoms with E-state index in [4.69, 9.17) is 0 Å². The van der Waals surface area contributed by atoms with E-state index in [1.807, 2.05) is 52.9 Å². The minimum Gasteiger partial charge on any atom is -0.336 e. The fourth-order valence-electron chi connectivity index (χ4n) is 5.05. The molecule has 2 heterocycles. The minimum atomic E-state index is 0.0534. The average Bonchev–Trinajstić information content (AvgIpc) is 3.33. The smallest absolute Gasteiger partial charge is 0.274 e. The lowest BCUT2D eigenvalue weighted by Crippen LogP contribution is -2.37. The second-order valence-corrected chi connectivity index (χ2v) is 8.19. The van der Waals surface area contributed by atoms with Gasteiger partial charge in [-0.3, -0.25) is 4.79 Å². The number of rotatable bonds is 2. The van der Waals surface area contributed by atoms with E-state index < -0.39 is 0 Å². The predicted octanol–water partition coefficient (Wildman–Crippen LogP) is 4.30. The summed E-state index contributed by atoms with van der Waals surface area (Å²) in [5.41, 5.74) is 5.56. The number of para-hydroxylation sites is 1. The molecule has 4 heteroatoms. The highest BCUT2D eigenvalue weighted by Gasteiger charge is 2.44. The van der Waals surface area contributed by atoms with Crippen LogP contribution in [0.15, 0.2) is 60.7 Å². The first-order valence-corrected chi connectivity index (χ1v) is 10.2. The first kappa shape index (κ1) is 17.2. The molecule has 1 atom stereocenters. The third kappa shape index (κ3) is 2.75. The summed E-state index contributed by atoms with van der Waals surface area (Å²) in [5.74, 6) is 0.0534. The lowest BCUT2D eigenvalue weighted by molar-refractivity contribution is 0.0775. The zero-order valence-corrected chi connectivity index (χ0v) is 16.3. The summed E-state index contributed by atoms with van der Waals surface area (Å²) in [4.78, 5) is 15.2. The molecule has 1 aliphatic heterocycles. The third-order valence-corrected chi connectivity index (χ3v) is 6.44. The third-order valence-electron chi connectivity index (χ3n) is 6.44. The molecule has 2 aliphatic rings. The van der Waals surface area contributed by atoms with Crippen molar-refractivity contribution in [1.29, 1.82) is 0 Å². The maximum Gasteiger partial charge on any atom is 0.274 e. The van der Waals surface area contributed by atoms with Crippen LogP contribution in [0.2, 0.25) is 0 Å². The van der Waals surface area contributed by atoms with E-state index in [1.165, 1.54) is 24.0 Å². The Morgan fingerprint density at radius 1 is 1.04 bits per heavy atom. The van der Waals surface area contributed by atoms with Crippen molar-refractivity contribution in [1.82, 2.24) is 14.7 Å². The van der Waals surface area contributed by atoms with Crippen LogP contribution in [0.3, 0.4) is 0 Å². The van der Waals surface area contributed by atoms with Gasteiger partial charge in [-0.05, 0) is 61.9 Å². The van der Waals surface area contributed by atoms with Crippen molar-refractivity contribution in [2.24, 2.45) is 0 Å². The molecule has 0 saturated carbocycles. The number of carbonyl (C=O) groups excluding carboxylic acids is 1. The van der Waals surface area contributed by atoms with Crippen LogP contribution in [0.25, 0.3) is 5.69 Å². The lowest BCUT2D eigenvalue weighted by Gasteiger charge is -2.35. The van der Waals surface area contributed by atoms with Crippen LogP contribution in [-0.2, 0) is 11.8 Å². The van der Waals surface area contributed by atoms with Crippen LogP contribution in [0.4, 0.5) is 0 Å². The van der Waals surface area contributed by atoms with Gasteiger partial charge in [0, 0.05) is 24.2 Å². The van der Waals surface area contributed by atoms with Gasteiger partial charge in [-0.1, -0.05) is 42.5 Å². The molecule has 0 bridgehead atoms. The summed E-state index contributed by atoms with van der Waals surface area (Å²) in [6.45, 7) is 3.62. The van der Waals surface area contributed by atoms with Gasteiger partial charge >= 0.3 is 0 Å². The molecule has 3 aromatic rings. The highest BCUT2D eigenvalue weighted by atomic mass is 16.2. The molecule has 142 valence electrons. The van der Waals surface area contributed by atoms with Gasteiger partial charge in [0.05, 0.1) is 5.69 Å². The van der Waals surface area contributed by atoms with Crippen molar-refractivity contribution in [2.45, 2.75) is 38.0 Å². The Morgan fingerprint density at radius 3 is 2.68 bits per heavy atom. The molecule has 0 N–H and O–H groups in total. The molecule has 1 aromatic heterocycles. The van der Waals surface area contributed by atoms with Crippen LogP contribution in [0.5, 0.6) is 0 Å². The fourth-order valence-corrected chi connectivity index (χ4v) is 5.05. The maximum absolute atomic E-state index is 13.2. The number of fused-ring (bicyclic) bond motifs is 2.